The van der Waals surface area contributed by atoms with Crippen molar-refractivity contribution in [2.45, 2.75) is 76.8 Å². The zero-order chi connectivity index (χ0) is 26.2. The van der Waals surface area contributed by atoms with Crippen molar-refractivity contribution in [3.8, 4) is 0 Å². The number of hydrogen-bond acceptors (Lipinski definition) is 6. The molecule has 192 valence electrons. The summed E-state index contributed by atoms with van der Waals surface area (Å²) in [5, 5.41) is 11.4. The maximum Gasteiger partial charge on any atom is 0.339 e. The van der Waals surface area contributed by atoms with E-state index in [-0.39, 0.29) is 16.4 Å². The molecule has 0 saturated heterocycles. The monoisotopic (exact) mass is 503 g/mol. The average Bonchev–Trinajstić information content (AvgIpc) is 3.31. The molecular weight excluding hydrogens is 466 g/mol. The molecule has 1 aromatic heterocycles. The molecule has 0 aliphatic carbocycles. The lowest BCUT2D eigenvalue weighted by molar-refractivity contribution is -0.150. The van der Waals surface area contributed by atoms with Crippen molar-refractivity contribution in [3.05, 3.63) is 53.7 Å². The van der Waals surface area contributed by atoms with E-state index < -0.39 is 32.9 Å². The smallest absolute Gasteiger partial charge is 0.339 e. The normalized spacial score (nSPS) is 16.9. The van der Waals surface area contributed by atoms with E-state index in [1.165, 1.54) is 23.9 Å². The fourth-order valence-corrected chi connectivity index (χ4v) is 6.10. The highest BCUT2D eigenvalue weighted by Gasteiger charge is 2.51. The lowest BCUT2D eigenvalue weighted by atomic mass is 9.71. The van der Waals surface area contributed by atoms with Crippen LogP contribution < -0.4 is 4.31 Å². The number of aromatic nitrogens is 2. The molecule has 1 aliphatic rings. The second-order valence-corrected chi connectivity index (χ2v) is 12.3. The molecule has 0 fully saturated rings. The number of aliphatic hydroxyl groups excluding tert-OH is 1. The van der Waals surface area contributed by atoms with Gasteiger partial charge >= 0.3 is 5.97 Å². The minimum atomic E-state index is -3.87. The fraction of sp³-hybridized carbons (Fsp3) is 0.538. The van der Waals surface area contributed by atoms with Gasteiger partial charge in [-0.25, -0.2) is 9.78 Å². The van der Waals surface area contributed by atoms with Gasteiger partial charge in [-0.05, 0) is 36.0 Å². The Kier molecular flexibility index (Phi) is 7.41. The number of ether oxygens (including phenoxy) is 1. The third kappa shape index (κ3) is 4.96. The number of cyclic esters (lactones) is 1. The van der Waals surface area contributed by atoms with Gasteiger partial charge in [-0.3, -0.25) is 4.31 Å². The molecule has 2 aromatic rings. The number of esters is 1. The predicted octanol–water partition coefficient (Wildman–Crippen LogP) is 5.08. The second kappa shape index (κ2) is 9.68. The van der Waals surface area contributed by atoms with Crippen molar-refractivity contribution in [1.29, 1.82) is 0 Å². The number of aryl methyl sites for hydroxylation is 1. The first-order valence-corrected chi connectivity index (χ1v) is 13.5. The fourth-order valence-electron chi connectivity index (χ4n) is 4.95. The molecule has 0 radical (unpaired) electrons. The van der Waals surface area contributed by atoms with Crippen molar-refractivity contribution >= 4 is 21.7 Å². The molecular formula is C26H37N3O5S. The molecule has 8 nitrogen and oxygen atoms in total. The van der Waals surface area contributed by atoms with Crippen molar-refractivity contribution in [2.24, 2.45) is 12.5 Å². The van der Waals surface area contributed by atoms with E-state index in [2.05, 4.69) is 4.98 Å². The standard InChI is InChI=1S/C26H37N3O5S/c1-8-13-26(14-9-2)23(30)21(24(31)34-26)22(25(3,4)5)18-11-10-12-19(15-18)29(7)35(32,33)20-16-28(6)17-27-20/h10-12,15-17,22,30H,8-9,13-14H2,1-7H3. The highest BCUT2D eigenvalue weighted by Crippen LogP contribution is 2.49. The summed E-state index contributed by atoms with van der Waals surface area (Å²) in [5.74, 6) is -1.01. The Labute approximate surface area is 208 Å². The molecule has 2 heterocycles. The molecule has 0 bridgehead atoms. The minimum absolute atomic E-state index is 0.00555. The summed E-state index contributed by atoms with van der Waals surface area (Å²) in [6.45, 7) is 9.97. The van der Waals surface area contributed by atoms with Gasteiger partial charge in [-0.2, -0.15) is 8.42 Å². The van der Waals surface area contributed by atoms with Gasteiger partial charge in [-0.15, -0.1) is 0 Å². The van der Waals surface area contributed by atoms with Crippen molar-refractivity contribution < 1.29 is 23.1 Å². The van der Waals surface area contributed by atoms with Crippen LogP contribution in [0.5, 0.6) is 0 Å². The van der Waals surface area contributed by atoms with Crippen LogP contribution in [0.2, 0.25) is 0 Å². The summed E-state index contributed by atoms with van der Waals surface area (Å²) in [7, 11) is -0.692. The number of rotatable bonds is 9. The predicted molar refractivity (Wildman–Crippen MR) is 136 cm³/mol. The minimum Gasteiger partial charge on any atom is -0.507 e. The van der Waals surface area contributed by atoms with E-state index in [4.69, 9.17) is 4.74 Å². The first-order valence-electron chi connectivity index (χ1n) is 12.0. The third-order valence-electron chi connectivity index (χ3n) is 6.53. The first-order chi connectivity index (χ1) is 16.3. The van der Waals surface area contributed by atoms with E-state index in [1.54, 1.807) is 29.8 Å². The number of anilines is 1. The SMILES string of the molecule is CCCC1(CCC)OC(=O)C(C(c2cccc(N(C)S(=O)(=O)c3cn(C)cn3)c2)C(C)(C)C)=C1O. The van der Waals surface area contributed by atoms with Gasteiger partial charge in [0.05, 0.1) is 17.6 Å². The summed E-state index contributed by atoms with van der Waals surface area (Å²) in [6.07, 6.45) is 5.50. The number of hydrogen-bond donors (Lipinski definition) is 1. The topological polar surface area (TPSA) is 102 Å². The van der Waals surface area contributed by atoms with Crippen LogP contribution in [-0.4, -0.2) is 41.7 Å². The van der Waals surface area contributed by atoms with Gasteiger partial charge in [0.15, 0.2) is 10.6 Å². The quantitative estimate of drug-likeness (QED) is 0.479. The zero-order valence-corrected chi connectivity index (χ0v) is 22.5. The molecule has 0 amide bonds. The largest absolute Gasteiger partial charge is 0.507 e. The Morgan fingerprint density at radius 3 is 2.34 bits per heavy atom. The van der Waals surface area contributed by atoms with Gasteiger partial charge in [0.2, 0.25) is 0 Å². The Balaban J connectivity index is 2.12. The summed E-state index contributed by atoms with van der Waals surface area (Å²) >= 11 is 0. The molecule has 1 unspecified atom stereocenters. The molecule has 0 spiro atoms. The number of carbonyl (C=O) groups is 1. The van der Waals surface area contributed by atoms with Crippen LogP contribution in [0.15, 0.2) is 53.1 Å². The number of aliphatic hydroxyl groups is 1. The van der Waals surface area contributed by atoms with Crippen molar-refractivity contribution in [2.75, 3.05) is 11.4 Å². The molecule has 3 rings (SSSR count). The van der Waals surface area contributed by atoms with Gasteiger partial charge < -0.3 is 14.4 Å². The highest BCUT2D eigenvalue weighted by atomic mass is 32.2. The van der Waals surface area contributed by atoms with Crippen molar-refractivity contribution in [1.82, 2.24) is 9.55 Å². The maximum atomic E-state index is 13.2. The maximum absolute atomic E-state index is 13.2. The lowest BCUT2D eigenvalue weighted by Gasteiger charge is -2.32. The second-order valence-electron chi connectivity index (χ2n) is 10.4. The summed E-state index contributed by atoms with van der Waals surface area (Å²) in [5.41, 5.74) is -0.0567. The van der Waals surface area contributed by atoms with Crippen molar-refractivity contribution in [3.63, 3.8) is 0 Å². The van der Waals surface area contributed by atoms with Crippen LogP contribution in [0.3, 0.4) is 0 Å². The Morgan fingerprint density at radius 1 is 1.20 bits per heavy atom. The van der Waals surface area contributed by atoms with Gasteiger partial charge in [0, 0.05) is 26.2 Å². The van der Waals surface area contributed by atoms with Crippen LogP contribution in [0.1, 0.15) is 71.8 Å². The summed E-state index contributed by atoms with van der Waals surface area (Å²) in [6, 6.07) is 7.07. The van der Waals surface area contributed by atoms with E-state index in [0.717, 1.165) is 18.4 Å². The van der Waals surface area contributed by atoms with Crippen LogP contribution in [-0.2, 0) is 26.6 Å². The lowest BCUT2D eigenvalue weighted by Crippen LogP contribution is -2.32. The van der Waals surface area contributed by atoms with E-state index >= 15 is 0 Å². The van der Waals surface area contributed by atoms with Crippen LogP contribution in [0, 0.1) is 5.41 Å². The Bertz CT molecular complexity index is 1220. The number of sulfonamides is 1. The van der Waals surface area contributed by atoms with Crippen LogP contribution in [0.25, 0.3) is 0 Å². The van der Waals surface area contributed by atoms with Gasteiger partial charge in [-0.1, -0.05) is 59.6 Å². The molecule has 1 atom stereocenters. The number of benzene rings is 1. The number of carbonyl (C=O) groups excluding carboxylic acids is 1. The molecule has 35 heavy (non-hydrogen) atoms. The molecule has 0 saturated carbocycles. The zero-order valence-electron chi connectivity index (χ0n) is 21.7. The average molecular weight is 504 g/mol. The third-order valence-corrected chi connectivity index (χ3v) is 8.20. The summed E-state index contributed by atoms with van der Waals surface area (Å²) in [4.78, 5) is 17.2. The number of nitrogens with zero attached hydrogens (tertiary/aromatic N) is 3. The molecule has 1 N–H and O–H groups in total. The van der Waals surface area contributed by atoms with E-state index in [1.807, 2.05) is 40.7 Å². The first kappa shape index (κ1) is 26.8. The van der Waals surface area contributed by atoms with E-state index in [9.17, 15) is 18.3 Å². The summed E-state index contributed by atoms with van der Waals surface area (Å²) < 4.78 is 34.9. The van der Waals surface area contributed by atoms with E-state index in [0.29, 0.717) is 18.5 Å². The Hall–Kier alpha value is -2.81. The molecule has 9 heteroatoms. The Morgan fingerprint density at radius 2 is 1.83 bits per heavy atom. The highest BCUT2D eigenvalue weighted by molar-refractivity contribution is 7.92. The van der Waals surface area contributed by atoms with Gasteiger partial charge in [0.1, 0.15) is 5.76 Å². The van der Waals surface area contributed by atoms with Gasteiger partial charge in [0.25, 0.3) is 10.0 Å². The van der Waals surface area contributed by atoms with Crippen LogP contribution in [0.4, 0.5) is 5.69 Å². The molecule has 1 aromatic carbocycles. The number of imidazole rings is 1. The molecule has 1 aliphatic heterocycles. The van der Waals surface area contributed by atoms with Crippen LogP contribution >= 0.6 is 0 Å².